The molecule has 1 aromatic carbocycles. The van der Waals surface area contributed by atoms with Crippen molar-refractivity contribution >= 4 is 41.7 Å². The first kappa shape index (κ1) is 21.7. The van der Waals surface area contributed by atoms with E-state index in [1.165, 1.54) is 11.8 Å². The van der Waals surface area contributed by atoms with Crippen molar-refractivity contribution in [2.24, 2.45) is 11.1 Å². The monoisotopic (exact) mass is 400 g/mol. The molecular weight excluding hydrogens is 379 g/mol. The number of carbonyl (C=O) groups excluding carboxylic acids is 1. The molecule has 0 saturated carbocycles. The van der Waals surface area contributed by atoms with Gasteiger partial charge in [-0.2, -0.15) is 0 Å². The summed E-state index contributed by atoms with van der Waals surface area (Å²) >= 11 is 7.54. The van der Waals surface area contributed by atoms with Crippen LogP contribution in [0.15, 0.2) is 46.3 Å². The minimum Gasteiger partial charge on any atom is -0.340 e. The van der Waals surface area contributed by atoms with Crippen LogP contribution in [0.5, 0.6) is 0 Å². The maximum atomic E-state index is 12.4. The van der Waals surface area contributed by atoms with Gasteiger partial charge in [0.1, 0.15) is 5.03 Å². The van der Waals surface area contributed by atoms with Crippen molar-refractivity contribution in [2.75, 3.05) is 20.1 Å². The Kier molecular flexibility index (Phi) is 8.15. The van der Waals surface area contributed by atoms with Crippen LogP contribution in [0.25, 0.3) is 0 Å². The van der Waals surface area contributed by atoms with Crippen molar-refractivity contribution in [3.8, 4) is 0 Å². The van der Waals surface area contributed by atoms with Gasteiger partial charge in [-0.15, -0.1) is 22.6 Å². The number of nitrogens with zero attached hydrogens (tertiary/aromatic N) is 3. The third-order valence-electron chi connectivity index (χ3n) is 3.47. The fourth-order valence-electron chi connectivity index (χ4n) is 2.10. The molecule has 1 heterocycles. The minimum absolute atomic E-state index is 0. The normalized spacial score (nSPS) is 10.9. The summed E-state index contributed by atoms with van der Waals surface area (Å²) in [6.07, 6.45) is 0. The van der Waals surface area contributed by atoms with E-state index >= 15 is 0 Å². The second kappa shape index (κ2) is 9.38. The zero-order valence-corrected chi connectivity index (χ0v) is 16.8. The maximum Gasteiger partial charge on any atom is 0.274 e. The largest absolute Gasteiger partial charge is 0.340 e. The molecule has 25 heavy (non-hydrogen) atoms. The van der Waals surface area contributed by atoms with Gasteiger partial charge in [0.2, 0.25) is 0 Å². The third kappa shape index (κ3) is 6.15. The Morgan fingerprint density at radius 3 is 2.48 bits per heavy atom. The first-order valence-electron chi connectivity index (χ1n) is 7.54. The fraction of sp³-hybridized carbons (Fsp3) is 0.353. The van der Waals surface area contributed by atoms with Crippen molar-refractivity contribution in [2.45, 2.75) is 23.8 Å². The van der Waals surface area contributed by atoms with Crippen LogP contribution < -0.4 is 5.73 Å². The highest BCUT2D eigenvalue weighted by molar-refractivity contribution is 7.99. The summed E-state index contributed by atoms with van der Waals surface area (Å²) in [7, 11) is 1.74. The van der Waals surface area contributed by atoms with Gasteiger partial charge < -0.3 is 10.6 Å². The van der Waals surface area contributed by atoms with Gasteiger partial charge in [-0.3, -0.25) is 4.79 Å². The van der Waals surface area contributed by atoms with E-state index in [2.05, 4.69) is 10.2 Å². The predicted octanol–water partition coefficient (Wildman–Crippen LogP) is 3.76. The predicted molar refractivity (Wildman–Crippen MR) is 105 cm³/mol. The van der Waals surface area contributed by atoms with E-state index in [9.17, 15) is 4.79 Å². The minimum atomic E-state index is -0.168. The van der Waals surface area contributed by atoms with Crippen LogP contribution in [0.2, 0.25) is 5.02 Å². The molecule has 0 radical (unpaired) electrons. The lowest BCUT2D eigenvalue weighted by Crippen LogP contribution is -2.40. The van der Waals surface area contributed by atoms with Gasteiger partial charge in [0.15, 0.2) is 5.69 Å². The standard InChI is InChI=1S/C17H21ClN4OS.ClH/c1-17(2,10-19)11-22(3)16(23)13-8-9-15(21-20-13)24-14-7-5-4-6-12(14)18;/h4-9H,10-11,19H2,1-3H3;1H. The lowest BCUT2D eigenvalue weighted by Gasteiger charge is -2.28. The fourth-order valence-corrected chi connectivity index (χ4v) is 3.11. The maximum absolute atomic E-state index is 12.4. The average molecular weight is 401 g/mol. The van der Waals surface area contributed by atoms with E-state index < -0.39 is 0 Å². The van der Waals surface area contributed by atoms with E-state index in [0.717, 1.165) is 4.90 Å². The van der Waals surface area contributed by atoms with Gasteiger partial charge >= 0.3 is 0 Å². The first-order chi connectivity index (χ1) is 11.3. The molecule has 0 atom stereocenters. The summed E-state index contributed by atoms with van der Waals surface area (Å²) in [5.41, 5.74) is 5.89. The summed E-state index contributed by atoms with van der Waals surface area (Å²) < 4.78 is 0. The molecule has 2 aromatic rings. The number of nitrogens with two attached hydrogens (primary N) is 1. The highest BCUT2D eigenvalue weighted by atomic mass is 35.5. The van der Waals surface area contributed by atoms with Crippen molar-refractivity contribution < 1.29 is 4.79 Å². The van der Waals surface area contributed by atoms with Crippen molar-refractivity contribution in [1.82, 2.24) is 15.1 Å². The Bertz CT molecular complexity index is 710. The number of amides is 1. The van der Waals surface area contributed by atoms with Crippen LogP contribution in [0.3, 0.4) is 0 Å². The summed E-state index contributed by atoms with van der Waals surface area (Å²) in [6.45, 7) is 5.10. The molecule has 0 aliphatic rings. The molecule has 0 aliphatic heterocycles. The molecule has 0 spiro atoms. The SMILES string of the molecule is CN(CC(C)(C)CN)C(=O)c1ccc(Sc2ccccc2Cl)nn1.Cl. The van der Waals surface area contributed by atoms with Crippen LogP contribution in [0.4, 0.5) is 0 Å². The first-order valence-corrected chi connectivity index (χ1v) is 8.73. The van der Waals surface area contributed by atoms with E-state index in [-0.39, 0.29) is 23.7 Å². The molecule has 0 bridgehead atoms. The van der Waals surface area contributed by atoms with Gasteiger partial charge in [0.05, 0.1) is 5.02 Å². The zero-order valence-electron chi connectivity index (χ0n) is 14.4. The lowest BCUT2D eigenvalue weighted by atomic mass is 9.93. The molecule has 2 rings (SSSR count). The van der Waals surface area contributed by atoms with Gasteiger partial charge in [0.25, 0.3) is 5.91 Å². The quantitative estimate of drug-likeness (QED) is 0.798. The number of halogens is 2. The van der Waals surface area contributed by atoms with Crippen LogP contribution >= 0.6 is 35.8 Å². The topological polar surface area (TPSA) is 72.1 Å². The third-order valence-corrected chi connectivity index (χ3v) is 4.92. The van der Waals surface area contributed by atoms with Gasteiger partial charge in [-0.1, -0.05) is 49.3 Å². The van der Waals surface area contributed by atoms with Crippen LogP contribution in [-0.2, 0) is 0 Å². The molecule has 5 nitrogen and oxygen atoms in total. The highest BCUT2D eigenvalue weighted by Crippen LogP contribution is 2.31. The Morgan fingerprint density at radius 2 is 1.92 bits per heavy atom. The van der Waals surface area contributed by atoms with Crippen LogP contribution in [0, 0.1) is 5.41 Å². The molecule has 1 aromatic heterocycles. The molecule has 2 N–H and O–H groups in total. The molecular formula is C17H22Cl2N4OS. The van der Waals surface area contributed by atoms with Crippen molar-refractivity contribution in [1.29, 1.82) is 0 Å². The van der Waals surface area contributed by atoms with E-state index in [1.54, 1.807) is 24.1 Å². The summed E-state index contributed by atoms with van der Waals surface area (Å²) in [5.74, 6) is -0.168. The Balaban J connectivity index is 0.00000312. The number of aromatic nitrogens is 2. The molecule has 8 heteroatoms. The average Bonchev–Trinajstić information content (AvgIpc) is 2.56. The van der Waals surface area contributed by atoms with Gasteiger partial charge in [-0.25, -0.2) is 0 Å². The summed E-state index contributed by atoms with van der Waals surface area (Å²) in [4.78, 5) is 14.9. The second-order valence-electron chi connectivity index (χ2n) is 6.32. The van der Waals surface area contributed by atoms with E-state index in [1.807, 2.05) is 38.1 Å². The van der Waals surface area contributed by atoms with Gasteiger partial charge in [0, 0.05) is 18.5 Å². The van der Waals surface area contributed by atoms with Crippen LogP contribution in [-0.4, -0.2) is 41.1 Å². The number of carbonyl (C=O) groups is 1. The van der Waals surface area contributed by atoms with Gasteiger partial charge in [-0.05, 0) is 36.2 Å². The van der Waals surface area contributed by atoms with E-state index in [4.69, 9.17) is 17.3 Å². The number of hydrogen-bond acceptors (Lipinski definition) is 5. The Labute approximate surface area is 163 Å². The zero-order chi connectivity index (χ0) is 17.7. The number of rotatable bonds is 6. The molecule has 136 valence electrons. The second-order valence-corrected chi connectivity index (χ2v) is 7.79. The number of hydrogen-bond donors (Lipinski definition) is 1. The van der Waals surface area contributed by atoms with Crippen molar-refractivity contribution in [3.05, 3.63) is 47.1 Å². The molecule has 0 aliphatic carbocycles. The highest BCUT2D eigenvalue weighted by Gasteiger charge is 2.22. The van der Waals surface area contributed by atoms with Crippen LogP contribution in [0.1, 0.15) is 24.3 Å². The molecule has 0 saturated heterocycles. The van der Waals surface area contributed by atoms with Crippen molar-refractivity contribution in [3.63, 3.8) is 0 Å². The van der Waals surface area contributed by atoms with E-state index in [0.29, 0.717) is 28.8 Å². The summed E-state index contributed by atoms with van der Waals surface area (Å²) in [5, 5.41) is 9.51. The summed E-state index contributed by atoms with van der Waals surface area (Å²) in [6, 6.07) is 11.0. The molecule has 0 fully saturated rings. The number of benzene rings is 1. The lowest BCUT2D eigenvalue weighted by molar-refractivity contribution is 0.0733. The Morgan fingerprint density at radius 1 is 1.24 bits per heavy atom. The smallest absolute Gasteiger partial charge is 0.274 e. The molecule has 0 unspecified atom stereocenters. The molecule has 1 amide bonds. The Hall–Kier alpha value is -1.34.